The molecule has 0 saturated carbocycles. The molecule has 37 heavy (non-hydrogen) atoms. The Morgan fingerprint density at radius 1 is 0.892 bits per heavy atom. The van der Waals surface area contributed by atoms with Crippen molar-refractivity contribution in [1.82, 2.24) is 20.6 Å². The molecule has 0 unspecified atom stereocenters. The van der Waals surface area contributed by atoms with Crippen LogP contribution in [0.2, 0.25) is 0 Å². The predicted octanol–water partition coefficient (Wildman–Crippen LogP) is -0.698. The Morgan fingerprint density at radius 2 is 1.49 bits per heavy atom. The maximum atomic E-state index is 12.0. The van der Waals surface area contributed by atoms with Gasteiger partial charge in [0.15, 0.2) is 5.78 Å². The largest absolute Gasteiger partial charge is 1.00 e. The standard InChI is InChI=1S/C13H9NO3.C7H6N4O6S2.Na.H/c15-13(10-4-2-1-3-5-10)11-6-8-12(9-7-11)14(16)17;12-18(13,14)4-1-2-5(7-8-10-11-9-7)6(3-4)19(15,16)17;;/h1-9H;1-3H,(H,12,13,14)(H,15,16,17)(H,8,9,10,11);;/q;;+1;-1. The van der Waals surface area contributed by atoms with E-state index in [9.17, 15) is 31.7 Å². The number of tetrazole rings is 1. The molecule has 3 N–H and O–H groups in total. The summed E-state index contributed by atoms with van der Waals surface area (Å²) in [7, 11) is -9.35. The molecule has 188 valence electrons. The van der Waals surface area contributed by atoms with Crippen molar-refractivity contribution in [2.45, 2.75) is 9.79 Å². The first-order valence-corrected chi connectivity index (χ1v) is 12.4. The molecule has 4 aromatic rings. The van der Waals surface area contributed by atoms with Gasteiger partial charge in [0.25, 0.3) is 25.9 Å². The van der Waals surface area contributed by atoms with Gasteiger partial charge < -0.3 is 1.43 Å². The first-order valence-electron chi connectivity index (χ1n) is 9.55. The van der Waals surface area contributed by atoms with Gasteiger partial charge in [0.1, 0.15) is 4.90 Å². The number of hydrogen-bond donors (Lipinski definition) is 3. The summed E-state index contributed by atoms with van der Waals surface area (Å²) in [6.45, 7) is 0. The molecule has 0 radical (unpaired) electrons. The molecule has 4 rings (SSSR count). The van der Waals surface area contributed by atoms with Gasteiger partial charge in [-0.3, -0.25) is 24.0 Å². The molecule has 0 amide bonds. The maximum Gasteiger partial charge on any atom is 1.00 e. The molecule has 0 saturated heterocycles. The molecule has 0 bridgehead atoms. The van der Waals surface area contributed by atoms with Gasteiger partial charge in [0.05, 0.1) is 9.82 Å². The second-order valence-electron chi connectivity index (χ2n) is 6.84. The number of carbonyl (C=O) groups excluding carboxylic acids is 1. The number of rotatable bonds is 6. The Bertz CT molecular complexity index is 1620. The summed E-state index contributed by atoms with van der Waals surface area (Å²) in [6, 6.07) is 17.0. The van der Waals surface area contributed by atoms with Crippen molar-refractivity contribution in [1.29, 1.82) is 0 Å². The fourth-order valence-corrected chi connectivity index (χ4v) is 4.12. The van der Waals surface area contributed by atoms with Crippen LogP contribution in [0.15, 0.2) is 82.6 Å². The normalized spacial score (nSPS) is 11.0. The first-order chi connectivity index (χ1) is 16.9. The van der Waals surface area contributed by atoms with Gasteiger partial charge in [0, 0.05) is 28.8 Å². The zero-order valence-electron chi connectivity index (χ0n) is 19.8. The van der Waals surface area contributed by atoms with E-state index in [0.29, 0.717) is 17.2 Å². The van der Waals surface area contributed by atoms with Gasteiger partial charge in [0.2, 0.25) is 5.82 Å². The number of non-ortho nitro benzene ring substituents is 1. The van der Waals surface area contributed by atoms with Crippen molar-refractivity contribution < 1.29 is 66.6 Å². The number of ketones is 1. The third kappa shape index (κ3) is 7.80. The van der Waals surface area contributed by atoms with Crippen molar-refractivity contribution >= 4 is 31.7 Å². The van der Waals surface area contributed by atoms with Gasteiger partial charge in [-0.1, -0.05) is 30.3 Å². The molecule has 1 heterocycles. The van der Waals surface area contributed by atoms with E-state index < -0.39 is 35.0 Å². The van der Waals surface area contributed by atoms with Crippen LogP contribution in [0.1, 0.15) is 17.3 Å². The van der Waals surface area contributed by atoms with E-state index in [0.717, 1.165) is 12.1 Å². The third-order valence-electron chi connectivity index (χ3n) is 4.49. The number of aromatic nitrogens is 4. The zero-order chi connectivity index (χ0) is 26.5. The Morgan fingerprint density at radius 3 is 1.97 bits per heavy atom. The van der Waals surface area contributed by atoms with Crippen molar-refractivity contribution in [2.75, 3.05) is 0 Å². The van der Waals surface area contributed by atoms with Crippen LogP contribution in [-0.4, -0.2) is 57.3 Å². The minimum Gasteiger partial charge on any atom is -1.00 e. The average Bonchev–Trinajstić information content (AvgIpc) is 3.38. The molecule has 3 aromatic carbocycles. The monoisotopic (exact) mass is 557 g/mol. The quantitative estimate of drug-likeness (QED) is 0.0880. The van der Waals surface area contributed by atoms with E-state index in [1.54, 1.807) is 24.3 Å². The summed E-state index contributed by atoms with van der Waals surface area (Å²) < 4.78 is 62.2. The fourth-order valence-electron chi connectivity index (χ4n) is 2.83. The zero-order valence-corrected chi connectivity index (χ0v) is 22.4. The van der Waals surface area contributed by atoms with E-state index in [1.165, 1.54) is 24.3 Å². The van der Waals surface area contributed by atoms with Gasteiger partial charge in [-0.05, 0) is 35.5 Å². The van der Waals surface area contributed by atoms with E-state index in [-0.39, 0.29) is 53.8 Å². The average molecular weight is 557 g/mol. The molecule has 0 aliphatic heterocycles. The van der Waals surface area contributed by atoms with Crippen molar-refractivity contribution in [3.05, 3.63) is 94.0 Å². The number of nitro benzene ring substituents is 1. The van der Waals surface area contributed by atoms with Crippen LogP contribution in [0, 0.1) is 10.1 Å². The van der Waals surface area contributed by atoms with Crippen LogP contribution in [0.25, 0.3) is 11.4 Å². The molecular formula is C20H16N5NaO9S2. The number of nitrogens with zero attached hydrogens (tertiary/aromatic N) is 4. The first kappa shape index (κ1) is 29.8. The molecule has 0 aliphatic carbocycles. The van der Waals surface area contributed by atoms with Crippen LogP contribution in [0.4, 0.5) is 5.69 Å². The van der Waals surface area contributed by atoms with E-state index in [1.807, 2.05) is 6.07 Å². The number of benzene rings is 3. The number of nitro groups is 1. The molecule has 0 aliphatic rings. The fraction of sp³-hybridized carbons (Fsp3) is 0. The Balaban J connectivity index is 0.000000363. The molecule has 17 heteroatoms. The summed E-state index contributed by atoms with van der Waals surface area (Å²) in [5.74, 6) is -0.296. The summed E-state index contributed by atoms with van der Waals surface area (Å²) in [5.41, 5.74) is 0.835. The van der Waals surface area contributed by atoms with Gasteiger partial charge in [-0.15, -0.1) is 10.2 Å². The number of carbonyl (C=O) groups is 1. The van der Waals surface area contributed by atoms with Crippen LogP contribution < -0.4 is 29.6 Å². The summed E-state index contributed by atoms with van der Waals surface area (Å²) in [5, 5.41) is 22.8. The molecule has 0 fully saturated rings. The summed E-state index contributed by atoms with van der Waals surface area (Å²) in [6.07, 6.45) is 0. The van der Waals surface area contributed by atoms with Crippen molar-refractivity contribution in [3.63, 3.8) is 0 Å². The van der Waals surface area contributed by atoms with Crippen LogP contribution in [0.3, 0.4) is 0 Å². The number of hydrogen-bond acceptors (Lipinski definition) is 10. The Hall–Kier alpha value is -3.38. The Kier molecular flexibility index (Phi) is 9.87. The molecule has 1 aromatic heterocycles. The minimum absolute atomic E-state index is 0. The molecule has 14 nitrogen and oxygen atoms in total. The van der Waals surface area contributed by atoms with Crippen molar-refractivity contribution in [2.24, 2.45) is 0 Å². The number of aromatic amines is 1. The van der Waals surface area contributed by atoms with Crippen LogP contribution in [-0.2, 0) is 20.2 Å². The second-order valence-corrected chi connectivity index (χ2v) is 9.65. The predicted molar refractivity (Wildman–Crippen MR) is 123 cm³/mol. The van der Waals surface area contributed by atoms with E-state index in [2.05, 4.69) is 20.6 Å². The third-order valence-corrected chi connectivity index (χ3v) is 6.23. The Labute approximate surface area is 233 Å². The SMILES string of the molecule is O=C(c1ccccc1)c1ccc([N+](=O)[O-])cc1.O=S(=O)(O)c1ccc(-c2nn[nH]n2)c(S(=O)(=O)O)c1.[H-].[Na+]. The number of H-pyrrole nitrogens is 1. The van der Waals surface area contributed by atoms with E-state index in [4.69, 9.17) is 9.11 Å². The van der Waals surface area contributed by atoms with Crippen LogP contribution in [0.5, 0.6) is 0 Å². The van der Waals surface area contributed by atoms with Crippen LogP contribution >= 0.6 is 0 Å². The topological polar surface area (TPSA) is 223 Å². The van der Waals surface area contributed by atoms with E-state index >= 15 is 0 Å². The van der Waals surface area contributed by atoms with Gasteiger partial charge >= 0.3 is 29.6 Å². The second kappa shape index (κ2) is 12.2. The number of nitrogens with one attached hydrogen (secondary N) is 1. The molecule has 0 spiro atoms. The van der Waals surface area contributed by atoms with Gasteiger partial charge in [-0.2, -0.15) is 22.0 Å². The van der Waals surface area contributed by atoms with Gasteiger partial charge in [-0.25, -0.2) is 0 Å². The summed E-state index contributed by atoms with van der Waals surface area (Å²) >= 11 is 0. The minimum atomic E-state index is -4.74. The summed E-state index contributed by atoms with van der Waals surface area (Å²) in [4.78, 5) is 20.5. The maximum absolute atomic E-state index is 12.0. The molecule has 0 atom stereocenters. The smallest absolute Gasteiger partial charge is 1.00 e. The van der Waals surface area contributed by atoms with Crippen molar-refractivity contribution in [3.8, 4) is 11.4 Å². The molecular weight excluding hydrogens is 541 g/mol.